The van der Waals surface area contributed by atoms with Gasteiger partial charge in [-0.15, -0.1) is 0 Å². The third-order valence-electron chi connectivity index (χ3n) is 2.43. The van der Waals surface area contributed by atoms with Crippen molar-refractivity contribution < 1.29 is 0 Å². The van der Waals surface area contributed by atoms with Gasteiger partial charge in [0, 0.05) is 18.8 Å². The largest absolute Gasteiger partial charge is 0.384 e. The van der Waals surface area contributed by atoms with Crippen LogP contribution in [0.1, 0.15) is 32.3 Å². The van der Waals surface area contributed by atoms with Gasteiger partial charge in [-0.05, 0) is 30.5 Å². The number of aromatic nitrogens is 1. The molecule has 0 atom stereocenters. The molecule has 0 saturated heterocycles. The predicted molar refractivity (Wildman–Crippen MR) is 59.9 cm³/mol. The zero-order valence-corrected chi connectivity index (χ0v) is 8.96. The van der Waals surface area contributed by atoms with Crippen molar-refractivity contribution in [3.8, 4) is 0 Å². The molecular weight excluding hydrogens is 174 g/mol. The van der Waals surface area contributed by atoms with E-state index in [1.54, 1.807) is 6.20 Å². The second kappa shape index (κ2) is 5.60. The van der Waals surface area contributed by atoms with Crippen molar-refractivity contribution in [2.45, 2.75) is 39.3 Å². The van der Waals surface area contributed by atoms with Crippen LogP contribution in [0.25, 0.3) is 0 Å². The number of rotatable bonds is 5. The summed E-state index contributed by atoms with van der Waals surface area (Å²) in [4.78, 5) is 3.96. The van der Waals surface area contributed by atoms with Crippen LogP contribution in [0.3, 0.4) is 0 Å². The molecule has 78 valence electrons. The van der Waals surface area contributed by atoms with Crippen LogP contribution in [-0.2, 0) is 6.54 Å². The Morgan fingerprint density at radius 3 is 2.71 bits per heavy atom. The van der Waals surface area contributed by atoms with Crippen LogP contribution in [-0.4, -0.2) is 11.0 Å². The number of nitrogens with zero attached hydrogens (tertiary/aromatic N) is 1. The van der Waals surface area contributed by atoms with Crippen molar-refractivity contribution >= 4 is 5.82 Å². The number of anilines is 1. The van der Waals surface area contributed by atoms with Gasteiger partial charge < -0.3 is 11.1 Å². The molecule has 1 heterocycles. The molecule has 1 aromatic rings. The second-order valence-electron chi connectivity index (χ2n) is 3.48. The summed E-state index contributed by atoms with van der Waals surface area (Å²) >= 11 is 0. The SMILES string of the molecule is CCC(CC)NCc1ccnc(N)c1. The Morgan fingerprint density at radius 1 is 1.43 bits per heavy atom. The Hall–Kier alpha value is -1.09. The van der Waals surface area contributed by atoms with Crippen molar-refractivity contribution in [2.75, 3.05) is 5.73 Å². The summed E-state index contributed by atoms with van der Waals surface area (Å²) in [7, 11) is 0. The van der Waals surface area contributed by atoms with E-state index in [1.165, 1.54) is 5.56 Å². The minimum atomic E-state index is 0.592. The Balaban J connectivity index is 2.44. The fourth-order valence-corrected chi connectivity index (χ4v) is 1.44. The molecule has 1 aromatic heterocycles. The quantitative estimate of drug-likeness (QED) is 0.751. The molecule has 0 aromatic carbocycles. The predicted octanol–water partition coefficient (Wildman–Crippen LogP) is 1.94. The van der Waals surface area contributed by atoms with Crippen LogP contribution in [0, 0.1) is 0 Å². The van der Waals surface area contributed by atoms with E-state index in [-0.39, 0.29) is 0 Å². The van der Waals surface area contributed by atoms with Crippen LogP contribution in [0.15, 0.2) is 18.3 Å². The van der Waals surface area contributed by atoms with E-state index in [4.69, 9.17) is 5.73 Å². The summed E-state index contributed by atoms with van der Waals surface area (Å²) in [6.45, 7) is 5.27. The van der Waals surface area contributed by atoms with Crippen molar-refractivity contribution in [2.24, 2.45) is 0 Å². The highest BCUT2D eigenvalue weighted by atomic mass is 14.9. The normalized spacial score (nSPS) is 10.8. The lowest BCUT2D eigenvalue weighted by molar-refractivity contribution is 0.484. The third-order valence-corrected chi connectivity index (χ3v) is 2.43. The van der Waals surface area contributed by atoms with Crippen LogP contribution >= 0.6 is 0 Å². The summed E-state index contributed by atoms with van der Waals surface area (Å²) in [6, 6.07) is 4.51. The van der Waals surface area contributed by atoms with E-state index in [1.807, 2.05) is 12.1 Å². The van der Waals surface area contributed by atoms with Crippen molar-refractivity contribution in [3.63, 3.8) is 0 Å². The maximum atomic E-state index is 5.59. The molecule has 0 amide bonds. The molecule has 3 heteroatoms. The topological polar surface area (TPSA) is 50.9 Å². The van der Waals surface area contributed by atoms with E-state index in [0.717, 1.165) is 19.4 Å². The first-order valence-corrected chi connectivity index (χ1v) is 5.20. The van der Waals surface area contributed by atoms with Gasteiger partial charge in [-0.2, -0.15) is 0 Å². The Kier molecular flexibility index (Phi) is 4.40. The molecule has 0 saturated carbocycles. The monoisotopic (exact) mass is 193 g/mol. The molecule has 0 aliphatic carbocycles. The van der Waals surface area contributed by atoms with Crippen LogP contribution in [0.2, 0.25) is 0 Å². The van der Waals surface area contributed by atoms with Crippen LogP contribution in [0.5, 0.6) is 0 Å². The second-order valence-corrected chi connectivity index (χ2v) is 3.48. The summed E-state index contributed by atoms with van der Waals surface area (Å²) in [5.41, 5.74) is 6.79. The van der Waals surface area contributed by atoms with E-state index < -0.39 is 0 Å². The molecule has 14 heavy (non-hydrogen) atoms. The fourth-order valence-electron chi connectivity index (χ4n) is 1.44. The van der Waals surface area contributed by atoms with Gasteiger partial charge in [-0.3, -0.25) is 0 Å². The lowest BCUT2D eigenvalue weighted by Crippen LogP contribution is -2.27. The molecule has 1 rings (SSSR count). The lowest BCUT2D eigenvalue weighted by Gasteiger charge is -2.14. The van der Waals surface area contributed by atoms with Crippen LogP contribution in [0.4, 0.5) is 5.82 Å². The van der Waals surface area contributed by atoms with Gasteiger partial charge in [0.15, 0.2) is 0 Å². The third kappa shape index (κ3) is 3.34. The Bertz CT molecular complexity index is 269. The smallest absolute Gasteiger partial charge is 0.123 e. The van der Waals surface area contributed by atoms with Gasteiger partial charge in [-0.1, -0.05) is 13.8 Å². The van der Waals surface area contributed by atoms with E-state index in [9.17, 15) is 0 Å². The summed E-state index contributed by atoms with van der Waals surface area (Å²) in [5.74, 6) is 0.592. The molecular formula is C11H19N3. The van der Waals surface area contributed by atoms with Gasteiger partial charge in [0.05, 0.1) is 0 Å². The molecule has 0 fully saturated rings. The highest BCUT2D eigenvalue weighted by Crippen LogP contribution is 2.04. The Morgan fingerprint density at radius 2 is 2.14 bits per heavy atom. The molecule has 0 aliphatic heterocycles. The fraction of sp³-hybridized carbons (Fsp3) is 0.545. The maximum Gasteiger partial charge on any atom is 0.123 e. The highest BCUT2D eigenvalue weighted by molar-refractivity contribution is 5.31. The van der Waals surface area contributed by atoms with E-state index in [2.05, 4.69) is 24.1 Å². The number of nitrogens with one attached hydrogen (secondary N) is 1. The maximum absolute atomic E-state index is 5.59. The number of pyridine rings is 1. The van der Waals surface area contributed by atoms with Crippen molar-refractivity contribution in [3.05, 3.63) is 23.9 Å². The number of nitrogens with two attached hydrogens (primary N) is 1. The number of hydrogen-bond acceptors (Lipinski definition) is 3. The zero-order chi connectivity index (χ0) is 10.4. The van der Waals surface area contributed by atoms with Crippen molar-refractivity contribution in [1.82, 2.24) is 10.3 Å². The van der Waals surface area contributed by atoms with Gasteiger partial charge in [0.1, 0.15) is 5.82 Å². The molecule has 3 nitrogen and oxygen atoms in total. The molecule has 3 N–H and O–H groups in total. The lowest BCUT2D eigenvalue weighted by atomic mass is 10.1. The molecule has 0 aliphatic rings. The van der Waals surface area contributed by atoms with Crippen LogP contribution < -0.4 is 11.1 Å². The van der Waals surface area contributed by atoms with Gasteiger partial charge >= 0.3 is 0 Å². The van der Waals surface area contributed by atoms with Gasteiger partial charge in [-0.25, -0.2) is 4.98 Å². The van der Waals surface area contributed by atoms with E-state index >= 15 is 0 Å². The number of nitrogen functional groups attached to an aromatic ring is 1. The minimum Gasteiger partial charge on any atom is -0.384 e. The standard InChI is InChI=1S/C11H19N3/c1-3-10(4-2)14-8-9-5-6-13-11(12)7-9/h5-7,10,14H,3-4,8H2,1-2H3,(H2,12,13). The molecule has 0 unspecified atom stereocenters. The first-order chi connectivity index (χ1) is 6.76. The van der Waals surface area contributed by atoms with Gasteiger partial charge in [0.25, 0.3) is 0 Å². The first-order valence-electron chi connectivity index (χ1n) is 5.20. The average Bonchev–Trinajstić information content (AvgIpc) is 2.19. The number of hydrogen-bond donors (Lipinski definition) is 2. The highest BCUT2D eigenvalue weighted by Gasteiger charge is 2.01. The summed E-state index contributed by atoms with van der Waals surface area (Å²) in [5, 5.41) is 3.48. The summed E-state index contributed by atoms with van der Waals surface area (Å²) in [6.07, 6.45) is 4.08. The minimum absolute atomic E-state index is 0.592. The Labute approximate surface area is 85.7 Å². The van der Waals surface area contributed by atoms with Gasteiger partial charge in [0.2, 0.25) is 0 Å². The molecule has 0 spiro atoms. The summed E-state index contributed by atoms with van der Waals surface area (Å²) < 4.78 is 0. The average molecular weight is 193 g/mol. The zero-order valence-electron chi connectivity index (χ0n) is 8.96. The molecule has 0 bridgehead atoms. The molecule has 0 radical (unpaired) electrons. The van der Waals surface area contributed by atoms with Crippen molar-refractivity contribution in [1.29, 1.82) is 0 Å². The first kappa shape index (κ1) is 11.0. The van der Waals surface area contributed by atoms with E-state index in [0.29, 0.717) is 11.9 Å².